The maximum atomic E-state index is 11.6. The number of nitrogens with two attached hydrogens (primary N) is 1. The summed E-state index contributed by atoms with van der Waals surface area (Å²) in [7, 11) is 0. The normalized spacial score (nSPS) is 11.4. The average molecular weight is 330 g/mol. The molecule has 0 saturated carbocycles. The SMILES string of the molecule is NC(=O)C[C@H](NC(=O)Nc1ccccc1Br)C(=O)O. The third-order valence-corrected chi connectivity index (χ3v) is 2.82. The van der Waals surface area contributed by atoms with Gasteiger partial charge in [-0.3, -0.25) is 4.79 Å². The lowest BCUT2D eigenvalue weighted by molar-refractivity contribution is -0.140. The van der Waals surface area contributed by atoms with Gasteiger partial charge in [0, 0.05) is 4.47 Å². The molecule has 0 aliphatic carbocycles. The van der Waals surface area contributed by atoms with Crippen LogP contribution in [0.25, 0.3) is 0 Å². The van der Waals surface area contributed by atoms with E-state index in [1.54, 1.807) is 24.3 Å². The number of carboxylic acids is 1. The van der Waals surface area contributed by atoms with Crippen LogP contribution in [0.1, 0.15) is 6.42 Å². The van der Waals surface area contributed by atoms with Crippen molar-refractivity contribution in [3.05, 3.63) is 28.7 Å². The van der Waals surface area contributed by atoms with Gasteiger partial charge < -0.3 is 21.5 Å². The Balaban J connectivity index is 2.65. The van der Waals surface area contributed by atoms with Gasteiger partial charge in [-0.25, -0.2) is 9.59 Å². The number of benzene rings is 1. The first-order valence-electron chi connectivity index (χ1n) is 5.23. The Labute approximate surface area is 117 Å². The summed E-state index contributed by atoms with van der Waals surface area (Å²) in [6, 6.07) is 4.72. The van der Waals surface area contributed by atoms with Crippen LogP contribution in [0.5, 0.6) is 0 Å². The molecule has 0 fully saturated rings. The Hall–Kier alpha value is -2.09. The zero-order chi connectivity index (χ0) is 14.4. The Bertz CT molecular complexity index is 506. The molecule has 0 aliphatic heterocycles. The monoisotopic (exact) mass is 329 g/mol. The highest BCUT2D eigenvalue weighted by Crippen LogP contribution is 2.20. The van der Waals surface area contributed by atoms with E-state index in [1.807, 2.05) is 0 Å². The molecule has 0 heterocycles. The van der Waals surface area contributed by atoms with E-state index in [0.29, 0.717) is 10.2 Å². The van der Waals surface area contributed by atoms with Crippen molar-refractivity contribution >= 4 is 39.5 Å². The molecule has 0 aromatic heterocycles. The fraction of sp³-hybridized carbons (Fsp3) is 0.182. The second-order valence-corrected chi connectivity index (χ2v) is 4.49. The Morgan fingerprint density at radius 1 is 1.32 bits per heavy atom. The molecule has 0 aliphatic rings. The molecular formula is C11H12BrN3O4. The molecule has 1 aromatic rings. The molecule has 1 rings (SSSR count). The van der Waals surface area contributed by atoms with Crippen molar-refractivity contribution in [2.24, 2.45) is 5.73 Å². The van der Waals surface area contributed by atoms with Gasteiger partial charge in [0.15, 0.2) is 0 Å². The second-order valence-electron chi connectivity index (χ2n) is 3.64. The minimum absolute atomic E-state index is 0.473. The van der Waals surface area contributed by atoms with Crippen LogP contribution in [0, 0.1) is 0 Å². The third kappa shape index (κ3) is 4.96. The third-order valence-electron chi connectivity index (χ3n) is 2.13. The molecule has 8 heteroatoms. The largest absolute Gasteiger partial charge is 0.480 e. The number of amides is 3. The number of carboxylic acid groups (broad SMARTS) is 1. The summed E-state index contributed by atoms with van der Waals surface area (Å²) in [5.41, 5.74) is 5.38. The van der Waals surface area contributed by atoms with E-state index >= 15 is 0 Å². The topological polar surface area (TPSA) is 122 Å². The molecular weight excluding hydrogens is 318 g/mol. The van der Waals surface area contributed by atoms with Crippen molar-refractivity contribution in [3.8, 4) is 0 Å². The molecule has 1 aromatic carbocycles. The summed E-state index contributed by atoms with van der Waals surface area (Å²) < 4.78 is 0.645. The van der Waals surface area contributed by atoms with E-state index in [1.165, 1.54) is 0 Å². The Morgan fingerprint density at radius 2 is 1.95 bits per heavy atom. The average Bonchev–Trinajstić information content (AvgIpc) is 2.30. The maximum absolute atomic E-state index is 11.6. The first-order chi connectivity index (χ1) is 8.90. The summed E-state index contributed by atoms with van der Waals surface area (Å²) >= 11 is 3.23. The van der Waals surface area contributed by atoms with Crippen LogP contribution in [-0.4, -0.2) is 29.1 Å². The predicted molar refractivity (Wildman–Crippen MR) is 71.5 cm³/mol. The van der Waals surface area contributed by atoms with E-state index in [0.717, 1.165) is 0 Å². The van der Waals surface area contributed by atoms with Crippen molar-refractivity contribution in [1.29, 1.82) is 0 Å². The lowest BCUT2D eigenvalue weighted by Gasteiger charge is -2.14. The van der Waals surface area contributed by atoms with Crippen LogP contribution in [0.2, 0.25) is 0 Å². The van der Waals surface area contributed by atoms with Crippen LogP contribution < -0.4 is 16.4 Å². The van der Waals surface area contributed by atoms with Gasteiger partial charge in [-0.05, 0) is 28.1 Å². The number of carbonyl (C=O) groups excluding carboxylic acids is 2. The fourth-order valence-electron chi connectivity index (χ4n) is 1.28. The second kappa shape index (κ2) is 6.74. The van der Waals surface area contributed by atoms with Crippen LogP contribution in [0.3, 0.4) is 0 Å². The zero-order valence-corrected chi connectivity index (χ0v) is 11.3. The van der Waals surface area contributed by atoms with Crippen molar-refractivity contribution in [1.82, 2.24) is 5.32 Å². The van der Waals surface area contributed by atoms with Gasteiger partial charge in [0.2, 0.25) is 5.91 Å². The summed E-state index contributed by atoms with van der Waals surface area (Å²) in [6.45, 7) is 0. The number of halogens is 1. The molecule has 3 amide bonds. The molecule has 19 heavy (non-hydrogen) atoms. The maximum Gasteiger partial charge on any atom is 0.326 e. The van der Waals surface area contributed by atoms with E-state index in [4.69, 9.17) is 10.8 Å². The van der Waals surface area contributed by atoms with E-state index in [2.05, 4.69) is 26.6 Å². The molecule has 0 spiro atoms. The number of anilines is 1. The number of primary amides is 1. The van der Waals surface area contributed by atoms with E-state index in [-0.39, 0.29) is 0 Å². The molecule has 0 saturated heterocycles. The number of nitrogens with one attached hydrogen (secondary N) is 2. The summed E-state index contributed by atoms with van der Waals surface area (Å²) in [6.07, 6.45) is -0.473. The summed E-state index contributed by atoms with van der Waals surface area (Å²) in [4.78, 5) is 33.1. The number of aliphatic carboxylic acids is 1. The smallest absolute Gasteiger partial charge is 0.326 e. The predicted octanol–water partition coefficient (Wildman–Crippen LogP) is 0.899. The number of hydrogen-bond donors (Lipinski definition) is 4. The van der Waals surface area contributed by atoms with Crippen molar-refractivity contribution < 1.29 is 19.5 Å². The highest BCUT2D eigenvalue weighted by Gasteiger charge is 2.22. The van der Waals surface area contributed by atoms with Gasteiger partial charge in [0.1, 0.15) is 6.04 Å². The molecule has 102 valence electrons. The summed E-state index contributed by atoms with van der Waals surface area (Å²) in [5, 5.41) is 13.4. The molecule has 0 radical (unpaired) electrons. The summed E-state index contributed by atoms with van der Waals surface area (Å²) in [5.74, 6) is -2.14. The van der Waals surface area contributed by atoms with Crippen molar-refractivity contribution in [3.63, 3.8) is 0 Å². The van der Waals surface area contributed by atoms with Gasteiger partial charge in [-0.1, -0.05) is 12.1 Å². The van der Waals surface area contributed by atoms with E-state index < -0.39 is 30.4 Å². The van der Waals surface area contributed by atoms with Gasteiger partial charge in [-0.2, -0.15) is 0 Å². The molecule has 0 unspecified atom stereocenters. The molecule has 7 nitrogen and oxygen atoms in total. The van der Waals surface area contributed by atoms with E-state index in [9.17, 15) is 14.4 Å². The van der Waals surface area contributed by atoms with Crippen LogP contribution in [-0.2, 0) is 9.59 Å². The zero-order valence-electron chi connectivity index (χ0n) is 9.72. The van der Waals surface area contributed by atoms with Crippen LogP contribution >= 0.6 is 15.9 Å². The minimum Gasteiger partial charge on any atom is -0.480 e. The number of urea groups is 1. The van der Waals surface area contributed by atoms with Gasteiger partial charge in [0.05, 0.1) is 12.1 Å². The Kier molecular flexibility index (Phi) is 5.31. The van der Waals surface area contributed by atoms with Crippen molar-refractivity contribution in [2.45, 2.75) is 12.5 Å². The number of carbonyl (C=O) groups is 3. The number of para-hydroxylation sites is 1. The minimum atomic E-state index is -1.36. The number of rotatable bonds is 5. The highest BCUT2D eigenvalue weighted by molar-refractivity contribution is 9.10. The molecule has 1 atom stereocenters. The first kappa shape index (κ1) is 15.0. The Morgan fingerprint density at radius 3 is 2.47 bits per heavy atom. The fourth-order valence-corrected chi connectivity index (χ4v) is 1.66. The van der Waals surface area contributed by atoms with Gasteiger partial charge in [0.25, 0.3) is 0 Å². The van der Waals surface area contributed by atoms with Gasteiger partial charge >= 0.3 is 12.0 Å². The van der Waals surface area contributed by atoms with Crippen molar-refractivity contribution in [2.75, 3.05) is 5.32 Å². The standard InChI is InChI=1S/C11H12BrN3O4/c12-6-3-1-2-4-7(6)14-11(19)15-8(10(17)18)5-9(13)16/h1-4,8H,5H2,(H2,13,16)(H,17,18)(H2,14,15,19)/t8-/m0/s1. The van der Waals surface area contributed by atoms with Crippen LogP contribution in [0.15, 0.2) is 28.7 Å². The van der Waals surface area contributed by atoms with Crippen LogP contribution in [0.4, 0.5) is 10.5 Å². The first-order valence-corrected chi connectivity index (χ1v) is 6.02. The quantitative estimate of drug-likeness (QED) is 0.641. The highest BCUT2D eigenvalue weighted by atomic mass is 79.9. The van der Waals surface area contributed by atoms with Gasteiger partial charge in [-0.15, -0.1) is 0 Å². The molecule has 5 N–H and O–H groups in total. The number of hydrogen-bond acceptors (Lipinski definition) is 3. The lowest BCUT2D eigenvalue weighted by Crippen LogP contribution is -2.45. The lowest BCUT2D eigenvalue weighted by atomic mass is 10.2. The molecule has 0 bridgehead atoms.